The van der Waals surface area contributed by atoms with Gasteiger partial charge in [0.2, 0.25) is 0 Å². The van der Waals surface area contributed by atoms with Crippen molar-refractivity contribution in [3.8, 4) is 68.3 Å². The van der Waals surface area contributed by atoms with Gasteiger partial charge >= 0.3 is 33.0 Å². The van der Waals surface area contributed by atoms with Crippen LogP contribution in [0.25, 0.3) is 68.3 Å². The van der Waals surface area contributed by atoms with Crippen LogP contribution in [0.3, 0.4) is 0 Å². The molecule has 0 N–H and O–H groups in total. The standard InChI is InChI=1S/4C11H11N2.2C10H8N2.2Ni/c4*1-8-7-9(2)13-11(8)10-5-3-4-6-12-10;2*1-3-7-11-9(5-1)10-6-2-4-8-12-10;;/h4*3-7H,1-2H3;2*1-8H;;/q4*-1;;;2*+2. The Morgan fingerprint density at radius 1 is 0.218 bits per heavy atom. The zero-order chi connectivity index (χ0) is 53.5. The van der Waals surface area contributed by atoms with Gasteiger partial charge in [-0.2, -0.15) is 22.8 Å². The monoisotopic (exact) mass is 1110 g/mol. The fourth-order valence-electron chi connectivity index (χ4n) is 7.82. The molecule has 0 unspecified atom stereocenters. The van der Waals surface area contributed by atoms with Gasteiger partial charge in [0.15, 0.2) is 0 Å². The second-order valence-corrected chi connectivity index (χ2v) is 17.4. The van der Waals surface area contributed by atoms with Crippen LogP contribution in [0.15, 0.2) is 219 Å². The normalized spacial score (nSPS) is 9.85. The molecule has 396 valence electrons. The van der Waals surface area contributed by atoms with Gasteiger partial charge in [0.1, 0.15) is 0 Å². The Morgan fingerprint density at radius 2 is 0.372 bits per heavy atom. The summed E-state index contributed by atoms with van der Waals surface area (Å²) in [7, 11) is 0. The summed E-state index contributed by atoms with van der Waals surface area (Å²) in [5.41, 5.74) is 20.4. The van der Waals surface area contributed by atoms with Gasteiger partial charge in [0.25, 0.3) is 0 Å². The summed E-state index contributed by atoms with van der Waals surface area (Å²) in [5.74, 6) is 0. The third kappa shape index (κ3) is 18.3. The van der Waals surface area contributed by atoms with Crippen LogP contribution in [0.5, 0.6) is 0 Å². The van der Waals surface area contributed by atoms with Gasteiger partial charge in [-0.25, -0.2) is 0 Å². The molecular formula is C64H60N12Ni2. The molecule has 14 heteroatoms. The molecule has 0 bridgehead atoms. The van der Waals surface area contributed by atoms with E-state index in [2.05, 4.69) is 112 Å². The molecule has 12 nitrogen and oxygen atoms in total. The van der Waals surface area contributed by atoms with E-state index in [1.807, 2.05) is 173 Å². The number of aromatic nitrogens is 12. The van der Waals surface area contributed by atoms with Crippen molar-refractivity contribution >= 4 is 0 Å². The molecule has 12 heterocycles. The average Bonchev–Trinajstić information content (AvgIpc) is 4.23. The minimum Gasteiger partial charge on any atom is -0.660 e. The molecule has 12 aromatic heterocycles. The van der Waals surface area contributed by atoms with Crippen LogP contribution >= 0.6 is 0 Å². The van der Waals surface area contributed by atoms with E-state index in [0.717, 1.165) is 91.1 Å². The third-order valence-electron chi connectivity index (χ3n) is 11.2. The second-order valence-electron chi connectivity index (χ2n) is 17.4. The summed E-state index contributed by atoms with van der Waals surface area (Å²) in [5, 5.41) is 0. The van der Waals surface area contributed by atoms with E-state index in [0.29, 0.717) is 0 Å². The first kappa shape index (κ1) is 60.2. The van der Waals surface area contributed by atoms with Crippen molar-refractivity contribution < 1.29 is 33.0 Å². The average molecular weight is 1110 g/mol. The minimum atomic E-state index is 0. The van der Waals surface area contributed by atoms with E-state index < -0.39 is 0 Å². The summed E-state index contributed by atoms with van der Waals surface area (Å²) in [6.45, 7) is 16.2. The SMILES string of the molecule is Cc1cc(C)c(-c2ccccn2)[n-]1.Cc1cc(C)c(-c2ccccn2)[n-]1.Cc1cc(C)c(-c2ccccn2)[n-]1.Cc1cc(C)c(-c2ccccn2)[n-]1.[Ni+2].[Ni+2].c1ccc(-c2ccccn2)nc1.c1ccc(-c2ccccn2)nc1. The first-order valence-electron chi connectivity index (χ1n) is 24.8. The number of aryl methyl sites for hydroxylation is 8. The van der Waals surface area contributed by atoms with Crippen molar-refractivity contribution in [2.45, 2.75) is 55.4 Å². The molecule has 12 rings (SSSR count). The van der Waals surface area contributed by atoms with E-state index in [4.69, 9.17) is 0 Å². The van der Waals surface area contributed by atoms with Crippen molar-refractivity contribution in [1.29, 1.82) is 0 Å². The van der Waals surface area contributed by atoms with E-state index in [9.17, 15) is 0 Å². The number of hydrogen-bond donors (Lipinski definition) is 0. The Kier molecular flexibility index (Phi) is 24.2. The third-order valence-corrected chi connectivity index (χ3v) is 11.2. The quantitative estimate of drug-likeness (QED) is 0.145. The minimum absolute atomic E-state index is 0. The predicted octanol–water partition coefficient (Wildman–Crippen LogP) is 13.6. The topological polar surface area (TPSA) is 160 Å². The zero-order valence-electron chi connectivity index (χ0n) is 44.8. The molecule has 0 atom stereocenters. The molecule has 0 saturated heterocycles. The van der Waals surface area contributed by atoms with Gasteiger partial charge < -0.3 is 19.9 Å². The van der Waals surface area contributed by atoms with Crippen LogP contribution in [0.4, 0.5) is 0 Å². The molecule has 0 radical (unpaired) electrons. The Hall–Kier alpha value is -8.69. The molecular weight excluding hydrogens is 1050 g/mol. The molecule has 12 aromatic rings. The van der Waals surface area contributed by atoms with Crippen LogP contribution in [0.1, 0.15) is 45.0 Å². The molecule has 78 heavy (non-hydrogen) atoms. The van der Waals surface area contributed by atoms with Gasteiger partial charge in [-0.1, -0.05) is 123 Å². The van der Waals surface area contributed by atoms with E-state index >= 15 is 0 Å². The summed E-state index contributed by atoms with van der Waals surface area (Å²) in [4.78, 5) is 51.5. The Bertz CT molecular complexity index is 3060. The molecule has 0 aliphatic heterocycles. The largest absolute Gasteiger partial charge is 2.00 e. The van der Waals surface area contributed by atoms with Gasteiger partial charge in [0, 0.05) is 72.4 Å². The van der Waals surface area contributed by atoms with Gasteiger partial charge in [-0.3, -0.25) is 39.9 Å². The Morgan fingerprint density at radius 3 is 0.487 bits per heavy atom. The summed E-state index contributed by atoms with van der Waals surface area (Å²) in [6, 6.07) is 55.0. The van der Waals surface area contributed by atoms with Crippen molar-refractivity contribution in [1.82, 2.24) is 59.8 Å². The summed E-state index contributed by atoms with van der Waals surface area (Å²) in [6.07, 6.45) is 14.2. The van der Waals surface area contributed by atoms with Crippen LogP contribution < -0.4 is 19.9 Å². The maximum atomic E-state index is 4.42. The van der Waals surface area contributed by atoms with E-state index in [1.165, 1.54) is 22.3 Å². The first-order valence-corrected chi connectivity index (χ1v) is 24.8. The van der Waals surface area contributed by atoms with Gasteiger partial charge in [-0.05, 0) is 125 Å². The molecule has 0 fully saturated rings. The van der Waals surface area contributed by atoms with Crippen molar-refractivity contribution in [2.75, 3.05) is 0 Å². The molecule has 0 amide bonds. The number of pyridine rings is 8. The molecule has 0 spiro atoms. The van der Waals surface area contributed by atoms with E-state index in [-0.39, 0.29) is 33.0 Å². The maximum absolute atomic E-state index is 4.42. The van der Waals surface area contributed by atoms with Gasteiger partial charge in [-0.15, -0.1) is 22.8 Å². The van der Waals surface area contributed by atoms with Gasteiger partial charge in [0.05, 0.1) is 22.8 Å². The second kappa shape index (κ2) is 31.4. The van der Waals surface area contributed by atoms with Crippen LogP contribution in [0, 0.1) is 55.4 Å². The molecule has 0 aromatic carbocycles. The predicted molar refractivity (Wildman–Crippen MR) is 305 cm³/mol. The fraction of sp³-hybridized carbons (Fsp3) is 0.125. The maximum Gasteiger partial charge on any atom is 2.00 e. The van der Waals surface area contributed by atoms with Crippen molar-refractivity contribution in [2.24, 2.45) is 0 Å². The summed E-state index contributed by atoms with van der Waals surface area (Å²) < 4.78 is 0. The molecule has 0 saturated carbocycles. The smallest absolute Gasteiger partial charge is 0.660 e. The van der Waals surface area contributed by atoms with Crippen LogP contribution in [0.2, 0.25) is 0 Å². The number of nitrogens with zero attached hydrogens (tertiary/aromatic N) is 12. The molecule has 0 aliphatic carbocycles. The zero-order valence-corrected chi connectivity index (χ0v) is 46.8. The van der Waals surface area contributed by atoms with Crippen LogP contribution in [-0.4, -0.2) is 39.9 Å². The first-order chi connectivity index (χ1) is 37.0. The molecule has 0 aliphatic rings. The van der Waals surface area contributed by atoms with Crippen molar-refractivity contribution in [3.05, 3.63) is 264 Å². The Labute approximate surface area is 478 Å². The Balaban J connectivity index is 0.000000172. The fourth-order valence-corrected chi connectivity index (χ4v) is 7.82. The van der Waals surface area contributed by atoms with Crippen molar-refractivity contribution in [3.63, 3.8) is 0 Å². The van der Waals surface area contributed by atoms with E-state index in [1.54, 1.807) is 49.6 Å². The van der Waals surface area contributed by atoms with Crippen LogP contribution in [-0.2, 0) is 33.0 Å². The number of rotatable bonds is 6. The number of hydrogen-bond acceptors (Lipinski definition) is 8. The summed E-state index contributed by atoms with van der Waals surface area (Å²) >= 11 is 0.